The number of thioether (sulfide) groups is 2. The van der Waals surface area contributed by atoms with Gasteiger partial charge >= 0.3 is 0 Å². The van der Waals surface area contributed by atoms with Crippen LogP contribution in [0.2, 0.25) is 0 Å². The van der Waals surface area contributed by atoms with Crippen molar-refractivity contribution in [2.75, 3.05) is 11.6 Å². The van der Waals surface area contributed by atoms with E-state index in [0.29, 0.717) is 11.7 Å². The van der Waals surface area contributed by atoms with Crippen LogP contribution in [0.5, 0.6) is 0 Å². The third kappa shape index (κ3) is 5.20. The van der Waals surface area contributed by atoms with E-state index in [1.54, 1.807) is 24.2 Å². The summed E-state index contributed by atoms with van der Waals surface area (Å²) in [6.07, 6.45) is 5.50. The van der Waals surface area contributed by atoms with Crippen molar-refractivity contribution in [3.8, 4) is 11.4 Å². The van der Waals surface area contributed by atoms with Crippen LogP contribution in [0, 0.1) is 0 Å². The Morgan fingerprint density at radius 2 is 1.81 bits per heavy atom. The van der Waals surface area contributed by atoms with Crippen LogP contribution >= 0.6 is 23.5 Å². The molecule has 0 aliphatic carbocycles. The van der Waals surface area contributed by atoms with Gasteiger partial charge in [0.25, 0.3) is 0 Å². The fraction of sp³-hybridized carbons (Fsp3) is 0.167. The highest BCUT2D eigenvalue weighted by molar-refractivity contribution is 8.00. The van der Waals surface area contributed by atoms with Crippen molar-refractivity contribution < 1.29 is 4.79 Å². The smallest absolute Gasteiger partial charge is 0.237 e. The molecule has 0 radical (unpaired) electrons. The second-order valence-corrected chi connectivity index (χ2v) is 9.23. The van der Waals surface area contributed by atoms with E-state index in [9.17, 15) is 4.79 Å². The molecule has 1 atom stereocenters. The van der Waals surface area contributed by atoms with Gasteiger partial charge in [-0.2, -0.15) is 0 Å². The van der Waals surface area contributed by atoms with Crippen LogP contribution in [0.15, 0.2) is 89.2 Å². The average Bonchev–Trinajstić information content (AvgIpc) is 3.22. The third-order valence-electron chi connectivity index (χ3n) is 4.84. The zero-order valence-corrected chi connectivity index (χ0v) is 19.4. The number of rotatable bonds is 8. The Balaban J connectivity index is 1.58. The van der Waals surface area contributed by atoms with Gasteiger partial charge in [0.1, 0.15) is 0 Å². The molecule has 8 heteroatoms. The van der Waals surface area contributed by atoms with Crippen LogP contribution in [0.3, 0.4) is 0 Å². The van der Waals surface area contributed by atoms with Crippen molar-refractivity contribution in [2.45, 2.75) is 28.8 Å². The molecule has 4 rings (SSSR count). The standard InChI is InChI=1S/C24H23N5OS2/c1-17(23(30)26-20-12-6-7-13-21(20)31-2)32-24-28-27-22(19-11-8-14-25-15-19)29(24)16-18-9-4-3-5-10-18/h3-15,17H,16H2,1-2H3,(H,26,30). The summed E-state index contributed by atoms with van der Waals surface area (Å²) in [6, 6.07) is 21.8. The highest BCUT2D eigenvalue weighted by atomic mass is 32.2. The molecule has 4 aromatic rings. The summed E-state index contributed by atoms with van der Waals surface area (Å²) < 4.78 is 2.04. The summed E-state index contributed by atoms with van der Waals surface area (Å²) >= 11 is 3.00. The lowest BCUT2D eigenvalue weighted by Gasteiger charge is -2.15. The van der Waals surface area contributed by atoms with E-state index in [1.165, 1.54) is 11.8 Å². The number of carbonyl (C=O) groups excluding carboxylic acids is 1. The Morgan fingerprint density at radius 3 is 2.56 bits per heavy atom. The molecule has 1 amide bonds. The lowest BCUT2D eigenvalue weighted by Crippen LogP contribution is -2.23. The van der Waals surface area contributed by atoms with Gasteiger partial charge in [-0.25, -0.2) is 0 Å². The van der Waals surface area contributed by atoms with Crippen molar-refractivity contribution in [3.05, 3.63) is 84.7 Å². The molecule has 162 valence electrons. The maximum Gasteiger partial charge on any atom is 0.237 e. The number of nitrogens with zero attached hydrogens (tertiary/aromatic N) is 4. The number of anilines is 1. The molecule has 0 saturated heterocycles. The molecule has 1 N–H and O–H groups in total. The van der Waals surface area contributed by atoms with Crippen LogP contribution in [0.4, 0.5) is 5.69 Å². The molecular formula is C24H23N5OS2. The number of hydrogen-bond donors (Lipinski definition) is 1. The lowest BCUT2D eigenvalue weighted by molar-refractivity contribution is -0.115. The van der Waals surface area contributed by atoms with E-state index in [-0.39, 0.29) is 11.2 Å². The Bertz CT molecular complexity index is 1180. The Labute approximate surface area is 195 Å². The predicted octanol–water partition coefficient (Wildman–Crippen LogP) is 5.23. The summed E-state index contributed by atoms with van der Waals surface area (Å²) in [6.45, 7) is 2.48. The SMILES string of the molecule is CSc1ccccc1NC(=O)C(C)Sc1nnc(-c2cccnc2)n1Cc1ccccc1. The molecule has 0 aliphatic heterocycles. The van der Waals surface area contributed by atoms with Gasteiger partial charge in [-0.15, -0.1) is 22.0 Å². The first-order valence-electron chi connectivity index (χ1n) is 10.1. The van der Waals surface area contributed by atoms with Crippen molar-refractivity contribution in [1.82, 2.24) is 19.7 Å². The summed E-state index contributed by atoms with van der Waals surface area (Å²) in [7, 11) is 0. The quantitative estimate of drug-likeness (QED) is 0.362. The van der Waals surface area contributed by atoms with Crippen LogP contribution in [0.1, 0.15) is 12.5 Å². The van der Waals surface area contributed by atoms with Crippen LogP contribution in [-0.4, -0.2) is 37.2 Å². The van der Waals surface area contributed by atoms with Gasteiger partial charge in [-0.3, -0.25) is 14.3 Å². The molecule has 0 fully saturated rings. The second kappa shape index (κ2) is 10.5. The Hall–Kier alpha value is -3.10. The number of benzene rings is 2. The number of amides is 1. The monoisotopic (exact) mass is 461 g/mol. The molecule has 1 unspecified atom stereocenters. The molecule has 6 nitrogen and oxygen atoms in total. The molecular weight excluding hydrogens is 438 g/mol. The Morgan fingerprint density at radius 1 is 1.03 bits per heavy atom. The zero-order valence-electron chi connectivity index (χ0n) is 17.8. The van der Waals surface area contributed by atoms with Gasteiger partial charge in [0.15, 0.2) is 11.0 Å². The number of carbonyl (C=O) groups is 1. The topological polar surface area (TPSA) is 72.7 Å². The minimum atomic E-state index is -0.356. The van der Waals surface area contributed by atoms with E-state index in [1.807, 2.05) is 72.3 Å². The van der Waals surface area contributed by atoms with Crippen molar-refractivity contribution in [1.29, 1.82) is 0 Å². The molecule has 32 heavy (non-hydrogen) atoms. The molecule has 0 aliphatic rings. The van der Waals surface area contributed by atoms with Crippen LogP contribution in [-0.2, 0) is 11.3 Å². The summed E-state index contributed by atoms with van der Waals surface area (Å²) in [4.78, 5) is 18.2. The predicted molar refractivity (Wildman–Crippen MR) is 131 cm³/mol. The minimum Gasteiger partial charge on any atom is -0.324 e. The second-order valence-electron chi connectivity index (χ2n) is 7.07. The molecule has 2 heterocycles. The number of nitrogens with one attached hydrogen (secondary N) is 1. The van der Waals surface area contributed by atoms with Crippen molar-refractivity contribution in [2.24, 2.45) is 0 Å². The first-order valence-corrected chi connectivity index (χ1v) is 12.2. The van der Waals surface area contributed by atoms with E-state index in [4.69, 9.17) is 0 Å². The Kier molecular flexibility index (Phi) is 7.24. The summed E-state index contributed by atoms with van der Waals surface area (Å²) in [5.41, 5.74) is 2.83. The van der Waals surface area contributed by atoms with Gasteiger partial charge < -0.3 is 5.32 Å². The molecule has 0 spiro atoms. The van der Waals surface area contributed by atoms with Crippen molar-refractivity contribution in [3.63, 3.8) is 0 Å². The number of aromatic nitrogens is 4. The number of para-hydroxylation sites is 1. The lowest BCUT2D eigenvalue weighted by atomic mass is 10.2. The fourth-order valence-electron chi connectivity index (χ4n) is 3.19. The zero-order chi connectivity index (χ0) is 22.3. The van der Waals surface area contributed by atoms with E-state index >= 15 is 0 Å². The highest BCUT2D eigenvalue weighted by Gasteiger charge is 2.22. The van der Waals surface area contributed by atoms with Gasteiger partial charge in [-0.05, 0) is 43.0 Å². The van der Waals surface area contributed by atoms with Crippen molar-refractivity contribution >= 4 is 35.1 Å². The first kappa shape index (κ1) is 22.1. The van der Waals surface area contributed by atoms with E-state index < -0.39 is 0 Å². The normalized spacial score (nSPS) is 11.8. The van der Waals surface area contributed by atoms with Gasteiger partial charge in [-0.1, -0.05) is 54.2 Å². The largest absolute Gasteiger partial charge is 0.324 e. The van der Waals surface area contributed by atoms with Crippen LogP contribution < -0.4 is 5.32 Å². The first-order chi connectivity index (χ1) is 15.7. The minimum absolute atomic E-state index is 0.0753. The average molecular weight is 462 g/mol. The number of pyridine rings is 1. The molecule has 0 bridgehead atoms. The maximum atomic E-state index is 12.9. The van der Waals surface area contributed by atoms with Gasteiger partial charge in [0.2, 0.25) is 5.91 Å². The maximum absolute atomic E-state index is 12.9. The molecule has 2 aromatic heterocycles. The van der Waals surface area contributed by atoms with E-state index in [2.05, 4.69) is 32.6 Å². The highest BCUT2D eigenvalue weighted by Crippen LogP contribution is 2.29. The van der Waals surface area contributed by atoms with E-state index in [0.717, 1.165) is 27.5 Å². The summed E-state index contributed by atoms with van der Waals surface area (Å²) in [5, 5.41) is 12.2. The third-order valence-corrected chi connectivity index (χ3v) is 6.71. The van der Waals surface area contributed by atoms with Gasteiger partial charge in [0, 0.05) is 22.9 Å². The van der Waals surface area contributed by atoms with Crippen LogP contribution in [0.25, 0.3) is 11.4 Å². The molecule has 2 aromatic carbocycles. The molecule has 0 saturated carbocycles. The number of hydrogen-bond acceptors (Lipinski definition) is 6. The fourth-order valence-corrected chi connectivity index (χ4v) is 4.59. The van der Waals surface area contributed by atoms with Gasteiger partial charge in [0.05, 0.1) is 17.5 Å². The summed E-state index contributed by atoms with van der Waals surface area (Å²) in [5.74, 6) is 0.651.